The Morgan fingerprint density at radius 3 is 2.34 bits per heavy atom. The highest BCUT2D eigenvalue weighted by Crippen LogP contribution is 2.39. The molecule has 6 nitrogen and oxygen atoms in total. The number of carbonyl (C=O) groups is 1. The van der Waals surface area contributed by atoms with Crippen LogP contribution in [0.15, 0.2) is 65.7 Å². The number of alkyl halides is 3. The van der Waals surface area contributed by atoms with Gasteiger partial charge in [0.25, 0.3) is 0 Å². The Kier molecular flexibility index (Phi) is 7.37. The van der Waals surface area contributed by atoms with Crippen molar-refractivity contribution in [2.24, 2.45) is 0 Å². The summed E-state index contributed by atoms with van der Waals surface area (Å²) in [5.41, 5.74) is -0.0896. The van der Waals surface area contributed by atoms with Crippen molar-refractivity contribution in [2.45, 2.75) is 17.6 Å². The largest absolute Gasteiger partial charge is 0.497 e. The van der Waals surface area contributed by atoms with Crippen molar-refractivity contribution in [3.05, 3.63) is 77.5 Å². The predicted octanol–water partition coefficient (Wildman–Crippen LogP) is 6.05. The average molecular weight is 485 g/mol. The third kappa shape index (κ3) is 5.77. The Morgan fingerprint density at radius 2 is 1.81 bits per heavy atom. The fourth-order valence-corrected chi connectivity index (χ4v) is 3.73. The maximum Gasteiger partial charge on any atom is 0.418 e. The molecule has 0 saturated heterocycles. The summed E-state index contributed by atoms with van der Waals surface area (Å²) < 4.78 is 50.7. The Bertz CT molecular complexity index is 1080. The summed E-state index contributed by atoms with van der Waals surface area (Å²) in [5.74, 6) is -0.630. The molecule has 0 saturated carbocycles. The first-order chi connectivity index (χ1) is 15.2. The first kappa shape index (κ1) is 23.6. The Morgan fingerprint density at radius 1 is 1.16 bits per heavy atom. The minimum atomic E-state index is -4.61. The van der Waals surface area contributed by atoms with E-state index >= 15 is 0 Å². The molecule has 3 aromatic rings. The van der Waals surface area contributed by atoms with Gasteiger partial charge in [0.2, 0.25) is 0 Å². The first-order valence-corrected chi connectivity index (χ1v) is 10.1. The van der Waals surface area contributed by atoms with Crippen molar-refractivity contribution in [1.82, 2.24) is 4.98 Å². The van der Waals surface area contributed by atoms with Crippen LogP contribution in [0.1, 0.15) is 21.5 Å². The molecule has 0 fully saturated rings. The zero-order valence-electron chi connectivity index (χ0n) is 16.5. The average Bonchev–Trinajstić information content (AvgIpc) is 2.78. The quantitative estimate of drug-likeness (QED) is 0.390. The SMILES string of the molecule is COc1ccc(CN(Sc2ccc(C(=O)O)cc2)c2ncc(C(F)(F)F)cc2OCl)cc1. The lowest BCUT2D eigenvalue weighted by Gasteiger charge is -2.24. The first-order valence-electron chi connectivity index (χ1n) is 8.99. The van der Waals surface area contributed by atoms with Crippen LogP contribution >= 0.6 is 23.8 Å². The van der Waals surface area contributed by atoms with Crippen LogP contribution in [0, 0.1) is 0 Å². The molecule has 3 rings (SSSR count). The van der Waals surface area contributed by atoms with E-state index in [0.29, 0.717) is 16.8 Å². The zero-order chi connectivity index (χ0) is 23.3. The summed E-state index contributed by atoms with van der Waals surface area (Å²) >= 11 is 6.61. The van der Waals surface area contributed by atoms with Crippen LogP contribution in [0.4, 0.5) is 19.0 Å². The molecular weight excluding hydrogens is 469 g/mol. The van der Waals surface area contributed by atoms with Crippen LogP contribution in [-0.4, -0.2) is 23.2 Å². The highest BCUT2D eigenvalue weighted by Gasteiger charge is 2.33. The summed E-state index contributed by atoms with van der Waals surface area (Å²) in [7, 11) is 1.54. The number of nitrogens with zero attached hydrogens (tertiary/aromatic N) is 2. The molecule has 168 valence electrons. The normalized spacial score (nSPS) is 11.2. The molecule has 0 amide bonds. The minimum absolute atomic E-state index is 0.0659. The number of rotatable bonds is 8. The third-order valence-electron chi connectivity index (χ3n) is 4.28. The number of aromatic carboxylic acids is 1. The molecule has 32 heavy (non-hydrogen) atoms. The number of anilines is 1. The molecule has 0 aliphatic rings. The van der Waals surface area contributed by atoms with Gasteiger partial charge in [-0.1, -0.05) is 12.1 Å². The van der Waals surface area contributed by atoms with E-state index in [1.54, 1.807) is 40.7 Å². The molecular formula is C21H16ClF3N2O4S. The van der Waals surface area contributed by atoms with Gasteiger partial charge in [-0.3, -0.25) is 4.31 Å². The van der Waals surface area contributed by atoms with E-state index in [4.69, 9.17) is 21.7 Å². The second kappa shape index (κ2) is 10.0. The van der Waals surface area contributed by atoms with Crippen LogP contribution in [0.2, 0.25) is 0 Å². The Hall–Kier alpha value is -3.11. The fraction of sp³-hybridized carbons (Fsp3) is 0.143. The smallest absolute Gasteiger partial charge is 0.418 e. The van der Waals surface area contributed by atoms with Gasteiger partial charge < -0.3 is 14.1 Å². The van der Waals surface area contributed by atoms with E-state index in [2.05, 4.69) is 9.27 Å². The lowest BCUT2D eigenvalue weighted by molar-refractivity contribution is -0.137. The van der Waals surface area contributed by atoms with Crippen LogP contribution in [0.25, 0.3) is 0 Å². The highest BCUT2D eigenvalue weighted by atomic mass is 35.5. The van der Waals surface area contributed by atoms with Gasteiger partial charge in [0.1, 0.15) is 17.6 Å². The molecule has 0 spiro atoms. The standard InChI is InChI=1S/C21H16ClF3N2O4S/c1-30-16-6-2-13(3-7-16)12-27(32-17-8-4-14(5-9-17)20(28)29)19-18(31-22)10-15(11-26-19)21(23,24)25/h2-11H,12H2,1H3,(H,28,29). The molecule has 1 N–H and O–H groups in total. The van der Waals surface area contributed by atoms with Crippen LogP contribution in [0.5, 0.6) is 11.5 Å². The van der Waals surface area contributed by atoms with E-state index in [9.17, 15) is 18.0 Å². The van der Waals surface area contributed by atoms with Crippen molar-refractivity contribution in [3.8, 4) is 11.5 Å². The molecule has 11 heteroatoms. The van der Waals surface area contributed by atoms with Crippen molar-refractivity contribution in [1.29, 1.82) is 0 Å². The molecule has 0 aliphatic carbocycles. The van der Waals surface area contributed by atoms with E-state index in [1.165, 1.54) is 19.2 Å². The minimum Gasteiger partial charge on any atom is -0.497 e. The fourth-order valence-electron chi connectivity index (χ4n) is 2.67. The number of halogens is 4. The molecule has 0 aliphatic heterocycles. The summed E-state index contributed by atoms with van der Waals surface area (Å²) in [4.78, 5) is 15.7. The second-order valence-corrected chi connectivity index (χ2v) is 7.68. The monoisotopic (exact) mass is 484 g/mol. The summed E-state index contributed by atoms with van der Waals surface area (Å²) in [5, 5.41) is 9.07. The van der Waals surface area contributed by atoms with Crippen molar-refractivity contribution >= 4 is 35.6 Å². The second-order valence-electron chi connectivity index (χ2n) is 6.43. The van der Waals surface area contributed by atoms with Crippen molar-refractivity contribution in [3.63, 3.8) is 0 Å². The molecule has 1 aromatic heterocycles. The van der Waals surface area contributed by atoms with Gasteiger partial charge in [-0.25, -0.2) is 9.78 Å². The summed E-state index contributed by atoms with van der Waals surface area (Å²) in [6.07, 6.45) is -3.92. The van der Waals surface area contributed by atoms with E-state index in [0.717, 1.165) is 23.6 Å². The number of methoxy groups -OCH3 is 1. The molecule has 2 aromatic carbocycles. The van der Waals surface area contributed by atoms with Crippen LogP contribution in [0.3, 0.4) is 0 Å². The Labute approximate surface area is 190 Å². The van der Waals surface area contributed by atoms with E-state index in [1.807, 2.05) is 0 Å². The van der Waals surface area contributed by atoms with Gasteiger partial charge in [-0.2, -0.15) is 13.2 Å². The lowest BCUT2D eigenvalue weighted by Crippen LogP contribution is -2.17. The number of aromatic nitrogens is 1. The van der Waals surface area contributed by atoms with Gasteiger partial charge in [0.15, 0.2) is 11.6 Å². The number of ether oxygens (including phenoxy) is 1. The lowest BCUT2D eigenvalue weighted by atomic mass is 10.2. The molecule has 0 atom stereocenters. The number of pyridine rings is 1. The maximum absolute atomic E-state index is 13.1. The van der Waals surface area contributed by atoms with Crippen LogP contribution in [-0.2, 0) is 12.7 Å². The summed E-state index contributed by atoms with van der Waals surface area (Å²) in [6.45, 7) is 0.223. The third-order valence-corrected chi connectivity index (χ3v) is 5.45. The molecule has 0 unspecified atom stereocenters. The molecule has 1 heterocycles. The van der Waals surface area contributed by atoms with E-state index in [-0.39, 0.29) is 23.7 Å². The number of hydrogen-bond acceptors (Lipinski definition) is 6. The predicted molar refractivity (Wildman–Crippen MR) is 114 cm³/mol. The molecule has 0 radical (unpaired) electrons. The topological polar surface area (TPSA) is 71.9 Å². The van der Waals surface area contributed by atoms with E-state index < -0.39 is 17.7 Å². The van der Waals surface area contributed by atoms with Gasteiger partial charge in [0, 0.05) is 17.2 Å². The van der Waals surface area contributed by atoms with Crippen molar-refractivity contribution < 1.29 is 32.1 Å². The number of carboxylic acid groups (broad SMARTS) is 1. The van der Waals surface area contributed by atoms with Crippen molar-refractivity contribution in [2.75, 3.05) is 11.4 Å². The highest BCUT2D eigenvalue weighted by molar-refractivity contribution is 8.00. The van der Waals surface area contributed by atoms with Gasteiger partial charge in [-0.05, 0) is 53.9 Å². The van der Waals surface area contributed by atoms with Gasteiger partial charge >= 0.3 is 12.1 Å². The van der Waals surface area contributed by atoms with Gasteiger partial charge in [-0.15, -0.1) is 0 Å². The Balaban J connectivity index is 1.98. The zero-order valence-corrected chi connectivity index (χ0v) is 18.0. The number of carboxylic acids is 1. The van der Waals surface area contributed by atoms with Gasteiger partial charge in [0.05, 0.1) is 24.8 Å². The molecule has 0 bridgehead atoms. The summed E-state index contributed by atoms with van der Waals surface area (Å²) in [6, 6.07) is 13.9. The van der Waals surface area contributed by atoms with Crippen LogP contribution < -0.4 is 13.3 Å². The number of benzene rings is 2. The maximum atomic E-state index is 13.1. The number of hydrogen-bond donors (Lipinski definition) is 1.